The SMILES string of the molecule is COCCNC(=O)CN(CC(=O)NCCOC)C(=O)CCOCCNC(=O)COc1cc(OCC(=O)NCCOCCC(=O)N(CC(=O)NCCOC)CC(=O)NCCOC)cc(C(=O)OCc2ccccc2)c1. The van der Waals surface area contributed by atoms with Gasteiger partial charge in [0.05, 0.1) is 71.3 Å². The van der Waals surface area contributed by atoms with Gasteiger partial charge in [0, 0.05) is 73.8 Å². The molecule has 0 aliphatic heterocycles. The van der Waals surface area contributed by atoms with E-state index in [1.165, 1.54) is 46.6 Å². The van der Waals surface area contributed by atoms with Gasteiger partial charge in [0.15, 0.2) is 13.2 Å². The molecule has 26 heteroatoms. The van der Waals surface area contributed by atoms with Gasteiger partial charge in [-0.25, -0.2) is 4.79 Å². The molecule has 6 N–H and O–H groups in total. The highest BCUT2D eigenvalue weighted by atomic mass is 16.5. The minimum atomic E-state index is -0.734. The number of methoxy groups -OCH3 is 4. The molecule has 0 spiro atoms. The summed E-state index contributed by atoms with van der Waals surface area (Å²) in [5, 5.41) is 15.7. The van der Waals surface area contributed by atoms with Crippen molar-refractivity contribution in [3.05, 3.63) is 59.7 Å². The molecule has 0 saturated heterocycles. The molecule has 8 amide bonds. The third-order valence-corrected chi connectivity index (χ3v) is 9.68. The second kappa shape index (κ2) is 39.5. The number of esters is 1. The maximum absolute atomic E-state index is 13.1. The van der Waals surface area contributed by atoms with Gasteiger partial charge in [-0.1, -0.05) is 30.3 Å². The first-order chi connectivity index (χ1) is 35.8. The van der Waals surface area contributed by atoms with Gasteiger partial charge in [-0.3, -0.25) is 38.4 Å². The number of rotatable bonds is 41. The van der Waals surface area contributed by atoms with Gasteiger partial charge in [0.1, 0.15) is 44.3 Å². The van der Waals surface area contributed by atoms with Crippen LogP contribution >= 0.6 is 0 Å². The molecule has 0 saturated carbocycles. The molecule has 0 atom stereocenters. The Balaban J connectivity index is 1.90. The Bertz CT molecular complexity index is 1870. The first-order valence-corrected chi connectivity index (χ1v) is 23.7. The van der Waals surface area contributed by atoms with Crippen molar-refractivity contribution < 1.29 is 85.8 Å². The van der Waals surface area contributed by atoms with E-state index in [-0.39, 0.29) is 155 Å². The summed E-state index contributed by atoms with van der Waals surface area (Å²) in [6, 6.07) is 13.0. The van der Waals surface area contributed by atoms with E-state index in [9.17, 15) is 43.2 Å². The number of hydrogen-bond acceptors (Lipinski definition) is 18. The lowest BCUT2D eigenvalue weighted by atomic mass is 10.2. The third kappa shape index (κ3) is 30.2. The van der Waals surface area contributed by atoms with Crippen LogP contribution in [0.4, 0.5) is 0 Å². The van der Waals surface area contributed by atoms with Crippen LogP contribution in [0.25, 0.3) is 0 Å². The predicted octanol–water partition coefficient (Wildman–Crippen LogP) is -2.45. The molecule has 2 aromatic carbocycles. The Morgan fingerprint density at radius 2 is 0.784 bits per heavy atom. The summed E-state index contributed by atoms with van der Waals surface area (Å²) < 4.78 is 47.5. The smallest absolute Gasteiger partial charge is 0.338 e. The molecule has 0 aliphatic carbocycles. The number of nitrogens with zero attached hydrogens (tertiary/aromatic N) is 2. The van der Waals surface area contributed by atoms with Gasteiger partial charge >= 0.3 is 5.97 Å². The predicted molar refractivity (Wildman–Crippen MR) is 263 cm³/mol. The Morgan fingerprint density at radius 1 is 0.432 bits per heavy atom. The zero-order valence-electron chi connectivity index (χ0n) is 42.6. The number of carbonyl (C=O) groups is 9. The maximum atomic E-state index is 13.1. The van der Waals surface area contributed by atoms with Crippen molar-refractivity contribution in [1.29, 1.82) is 0 Å². The zero-order chi connectivity index (χ0) is 54.2. The molecule has 0 heterocycles. The molecule has 0 bridgehead atoms. The van der Waals surface area contributed by atoms with Crippen LogP contribution in [0.5, 0.6) is 11.5 Å². The molecular weight excluding hydrogens is 977 g/mol. The minimum Gasteiger partial charge on any atom is -0.484 e. The number of nitrogens with one attached hydrogen (secondary N) is 6. The molecule has 0 aromatic heterocycles. The minimum absolute atomic E-state index is 0.00848. The molecule has 2 aromatic rings. The summed E-state index contributed by atoms with van der Waals surface area (Å²) in [7, 11) is 5.92. The molecule has 412 valence electrons. The zero-order valence-corrected chi connectivity index (χ0v) is 42.6. The lowest BCUT2D eigenvalue weighted by Crippen LogP contribution is -2.46. The first-order valence-electron chi connectivity index (χ1n) is 23.7. The van der Waals surface area contributed by atoms with Crippen LogP contribution in [-0.4, -0.2) is 223 Å². The van der Waals surface area contributed by atoms with Crippen molar-refractivity contribution in [1.82, 2.24) is 41.7 Å². The van der Waals surface area contributed by atoms with Crippen molar-refractivity contribution in [3.8, 4) is 11.5 Å². The van der Waals surface area contributed by atoms with Crippen molar-refractivity contribution in [3.63, 3.8) is 0 Å². The second-order valence-corrected chi connectivity index (χ2v) is 15.6. The van der Waals surface area contributed by atoms with E-state index in [1.54, 1.807) is 24.3 Å². The van der Waals surface area contributed by atoms with Crippen molar-refractivity contribution >= 4 is 53.2 Å². The summed E-state index contributed by atoms with van der Waals surface area (Å²) in [6.07, 6.45) is -0.300. The number of benzene rings is 2. The normalized spacial score (nSPS) is 10.6. The van der Waals surface area contributed by atoms with Gasteiger partial charge in [-0.05, 0) is 17.7 Å². The van der Waals surface area contributed by atoms with Gasteiger partial charge in [-0.2, -0.15) is 0 Å². The first kappa shape index (κ1) is 63.1. The summed E-state index contributed by atoms with van der Waals surface area (Å²) >= 11 is 0. The van der Waals surface area contributed by atoms with Crippen LogP contribution in [0.2, 0.25) is 0 Å². The highest BCUT2D eigenvalue weighted by Crippen LogP contribution is 2.24. The molecule has 0 radical (unpaired) electrons. The van der Waals surface area contributed by atoms with Gasteiger partial charge in [-0.15, -0.1) is 0 Å². The lowest BCUT2D eigenvalue weighted by molar-refractivity contribution is -0.140. The van der Waals surface area contributed by atoms with E-state index in [1.807, 2.05) is 6.07 Å². The molecule has 0 fully saturated rings. The van der Waals surface area contributed by atoms with E-state index in [0.29, 0.717) is 0 Å². The monoisotopic (exact) mass is 1050 g/mol. The van der Waals surface area contributed by atoms with Crippen molar-refractivity contribution in [2.24, 2.45) is 0 Å². The summed E-state index contributed by atoms with van der Waals surface area (Å²) in [5.41, 5.74) is 0.746. The molecule has 0 unspecified atom stereocenters. The van der Waals surface area contributed by atoms with E-state index in [4.69, 9.17) is 42.6 Å². The highest BCUT2D eigenvalue weighted by Gasteiger charge is 2.22. The Hall–Kier alpha value is -6.97. The third-order valence-electron chi connectivity index (χ3n) is 9.68. The number of hydrogen-bond donors (Lipinski definition) is 6. The average Bonchev–Trinajstić information content (AvgIpc) is 3.38. The van der Waals surface area contributed by atoms with E-state index in [0.717, 1.165) is 15.4 Å². The Kier molecular flexibility index (Phi) is 33.7. The standard InChI is InChI=1S/C48H72N8O18/c1-66-20-12-49-40(57)29-55(30-41(58)50-13-21-67-2)46(63)10-18-70-24-16-53-44(61)34-72-38-26-37(48(65)74-33-36-8-6-5-7-9-36)27-39(28-38)73-35-45(62)54-17-25-71-19-11-47(64)56(31-42(59)51-14-22-68-3)32-43(60)52-15-23-69-4/h5-9,26-28H,10-25,29-35H2,1-4H3,(H,49,57)(H,50,58)(H,51,59)(H,52,60)(H,53,61)(H,54,62). The summed E-state index contributed by atoms with van der Waals surface area (Å²) in [6.45, 7) is -0.512. The van der Waals surface area contributed by atoms with E-state index < -0.39 is 66.4 Å². The summed E-state index contributed by atoms with van der Waals surface area (Å²) in [5.74, 6) is -4.65. The van der Waals surface area contributed by atoms with Gasteiger partial charge < -0.3 is 84.3 Å². The fourth-order valence-electron chi connectivity index (χ4n) is 5.98. The van der Waals surface area contributed by atoms with Gasteiger partial charge in [0.25, 0.3) is 11.8 Å². The van der Waals surface area contributed by atoms with Crippen LogP contribution < -0.4 is 41.4 Å². The molecular formula is C48H72N8O18. The van der Waals surface area contributed by atoms with E-state index in [2.05, 4.69) is 31.9 Å². The molecule has 2 rings (SSSR count). The Morgan fingerprint density at radius 3 is 1.15 bits per heavy atom. The van der Waals surface area contributed by atoms with Crippen LogP contribution in [0, 0.1) is 0 Å². The number of carbonyl (C=O) groups excluding carboxylic acids is 9. The largest absolute Gasteiger partial charge is 0.484 e. The van der Waals surface area contributed by atoms with Crippen molar-refractivity contribution in [2.45, 2.75) is 19.4 Å². The quantitative estimate of drug-likeness (QED) is 0.0298. The molecule has 74 heavy (non-hydrogen) atoms. The van der Waals surface area contributed by atoms with Crippen LogP contribution in [0.3, 0.4) is 0 Å². The number of ether oxygens (including phenoxy) is 9. The van der Waals surface area contributed by atoms with Crippen LogP contribution in [-0.2, 0) is 78.1 Å². The maximum Gasteiger partial charge on any atom is 0.338 e. The fraction of sp³-hybridized carbons (Fsp3) is 0.562. The lowest BCUT2D eigenvalue weighted by Gasteiger charge is -2.22. The van der Waals surface area contributed by atoms with Crippen LogP contribution in [0.15, 0.2) is 48.5 Å². The summed E-state index contributed by atoms with van der Waals surface area (Å²) in [4.78, 5) is 116. The highest BCUT2D eigenvalue weighted by molar-refractivity contribution is 5.91. The second-order valence-electron chi connectivity index (χ2n) is 15.6. The molecule has 0 aliphatic rings. The van der Waals surface area contributed by atoms with E-state index >= 15 is 0 Å². The van der Waals surface area contributed by atoms with Crippen LogP contribution in [0.1, 0.15) is 28.8 Å². The Labute approximate surface area is 430 Å². The average molecular weight is 1050 g/mol. The number of amides is 8. The topological polar surface area (TPSA) is 315 Å². The molecule has 26 nitrogen and oxygen atoms in total. The van der Waals surface area contributed by atoms with Gasteiger partial charge in [0.2, 0.25) is 35.4 Å². The van der Waals surface area contributed by atoms with Crippen molar-refractivity contribution in [2.75, 3.05) is 160 Å². The fourth-order valence-corrected chi connectivity index (χ4v) is 5.98.